The molecule has 4 rings (SSSR count). The number of allylic oxidation sites excluding steroid dienone is 1. The van der Waals surface area contributed by atoms with Crippen LogP contribution in [0.25, 0.3) is 6.08 Å². The van der Waals surface area contributed by atoms with Crippen molar-refractivity contribution in [1.29, 1.82) is 0 Å². The van der Waals surface area contributed by atoms with Crippen molar-refractivity contribution in [3.05, 3.63) is 105 Å². The molecule has 0 aliphatic carbocycles. The number of nitrogens with zero attached hydrogens (tertiary/aromatic N) is 1. The zero-order chi connectivity index (χ0) is 22.0. The van der Waals surface area contributed by atoms with Crippen molar-refractivity contribution >= 4 is 40.1 Å². The van der Waals surface area contributed by atoms with Gasteiger partial charge < -0.3 is 0 Å². The van der Waals surface area contributed by atoms with E-state index in [2.05, 4.69) is 11.8 Å². The van der Waals surface area contributed by atoms with Crippen LogP contribution in [0.1, 0.15) is 27.0 Å². The zero-order valence-electron chi connectivity index (χ0n) is 16.6. The van der Waals surface area contributed by atoms with E-state index < -0.39 is 11.0 Å². The van der Waals surface area contributed by atoms with E-state index in [0.717, 1.165) is 11.1 Å². The minimum Gasteiger partial charge on any atom is -0.290 e. The van der Waals surface area contributed by atoms with Crippen molar-refractivity contribution < 1.29 is 13.4 Å². The lowest BCUT2D eigenvalue weighted by Crippen LogP contribution is -2.31. The molecule has 31 heavy (non-hydrogen) atoms. The molecule has 0 saturated carbocycles. The van der Waals surface area contributed by atoms with Crippen molar-refractivity contribution in [3.63, 3.8) is 0 Å². The van der Waals surface area contributed by atoms with E-state index in [-0.39, 0.29) is 16.5 Å². The number of rotatable bonds is 2. The third-order valence-corrected chi connectivity index (χ3v) is 6.47. The van der Waals surface area contributed by atoms with E-state index in [9.17, 15) is 13.4 Å². The topological polar surface area (TPSA) is 37.4 Å². The van der Waals surface area contributed by atoms with Crippen molar-refractivity contribution in [3.8, 4) is 11.8 Å². The van der Waals surface area contributed by atoms with Crippen LogP contribution in [0.15, 0.2) is 71.6 Å². The van der Waals surface area contributed by atoms with Crippen molar-refractivity contribution in [2.24, 2.45) is 0 Å². The summed E-state index contributed by atoms with van der Waals surface area (Å²) in [6, 6.07) is 18.4. The Balaban J connectivity index is 1.64. The van der Waals surface area contributed by atoms with Crippen LogP contribution in [0.2, 0.25) is 5.02 Å². The van der Waals surface area contributed by atoms with Crippen LogP contribution in [0, 0.1) is 17.7 Å². The van der Waals surface area contributed by atoms with Gasteiger partial charge in [-0.15, -0.1) is 0 Å². The highest BCUT2D eigenvalue weighted by Gasteiger charge is 2.31. The van der Waals surface area contributed by atoms with Gasteiger partial charge in [-0.3, -0.25) is 9.10 Å². The third kappa shape index (κ3) is 4.61. The summed E-state index contributed by atoms with van der Waals surface area (Å²) in [5.41, 5.74) is 3.39. The maximum Gasteiger partial charge on any atom is 0.205 e. The number of halogens is 2. The summed E-state index contributed by atoms with van der Waals surface area (Å²) < 4.78 is 27.5. The number of ketones is 1. The molecule has 154 valence electrons. The van der Waals surface area contributed by atoms with Gasteiger partial charge in [0.1, 0.15) is 10.7 Å². The Kier molecular flexibility index (Phi) is 6.03. The Hall–Kier alpha value is -3.20. The average Bonchev–Trinajstić information content (AvgIpc) is 2.78. The van der Waals surface area contributed by atoms with Gasteiger partial charge in [0.05, 0.1) is 5.69 Å². The van der Waals surface area contributed by atoms with Crippen LogP contribution in [0.5, 0.6) is 0 Å². The monoisotopic (exact) mass is 449 g/mol. The molecule has 0 amide bonds. The number of hydrogen-bond acceptors (Lipinski definition) is 2. The van der Waals surface area contributed by atoms with Gasteiger partial charge in [0.25, 0.3) is 0 Å². The van der Waals surface area contributed by atoms with E-state index in [1.807, 2.05) is 0 Å². The standard InChI is InChI=1S/C25H17ClFNO2S/c1-28-23-14-9-18(4-2-3-17-7-12-21(27)13-8-17)15-22(23)25(29)24(31(28)30)16-19-5-10-20(26)11-6-19/h5-16H,3H2,1H3/b24-16-. The van der Waals surface area contributed by atoms with E-state index >= 15 is 0 Å². The van der Waals surface area contributed by atoms with Gasteiger partial charge in [0, 0.05) is 29.6 Å². The van der Waals surface area contributed by atoms with E-state index in [1.165, 1.54) is 12.1 Å². The largest absolute Gasteiger partial charge is 0.290 e. The molecule has 1 unspecified atom stereocenters. The molecule has 3 nitrogen and oxygen atoms in total. The maximum atomic E-state index is 13.1. The molecule has 0 spiro atoms. The minimum atomic E-state index is -1.61. The summed E-state index contributed by atoms with van der Waals surface area (Å²) in [5.74, 6) is 5.53. The van der Waals surface area contributed by atoms with Crippen LogP contribution in [-0.4, -0.2) is 17.0 Å². The summed E-state index contributed by atoms with van der Waals surface area (Å²) in [7, 11) is 0.0778. The fourth-order valence-corrected chi connectivity index (χ4v) is 4.46. The van der Waals surface area contributed by atoms with Gasteiger partial charge >= 0.3 is 0 Å². The zero-order valence-corrected chi connectivity index (χ0v) is 18.1. The summed E-state index contributed by atoms with van der Waals surface area (Å²) >= 11 is 5.92. The molecule has 0 bridgehead atoms. The van der Waals surface area contributed by atoms with E-state index in [0.29, 0.717) is 28.3 Å². The summed E-state index contributed by atoms with van der Waals surface area (Å²) in [6.07, 6.45) is 2.10. The molecule has 1 atom stereocenters. The number of carbonyl (C=O) groups excluding carboxylic acids is 1. The Morgan fingerprint density at radius 2 is 1.77 bits per heavy atom. The second-order valence-corrected chi connectivity index (χ2v) is 8.90. The number of hydrogen-bond donors (Lipinski definition) is 0. The number of benzene rings is 3. The number of anilines is 1. The van der Waals surface area contributed by atoms with Crippen molar-refractivity contribution in [2.45, 2.75) is 6.42 Å². The molecule has 1 aliphatic heterocycles. The Bertz CT molecular complexity index is 1270. The van der Waals surface area contributed by atoms with Crippen LogP contribution >= 0.6 is 11.6 Å². The maximum absolute atomic E-state index is 13.1. The van der Waals surface area contributed by atoms with Crippen LogP contribution < -0.4 is 4.31 Å². The molecule has 1 aliphatic rings. The van der Waals surface area contributed by atoms with Crippen LogP contribution in [0.4, 0.5) is 10.1 Å². The molecular weight excluding hydrogens is 433 g/mol. The molecule has 3 aromatic carbocycles. The smallest absolute Gasteiger partial charge is 0.205 e. The van der Waals surface area contributed by atoms with Gasteiger partial charge in [-0.25, -0.2) is 8.60 Å². The average molecular weight is 450 g/mol. The molecule has 1 heterocycles. The molecule has 0 N–H and O–H groups in total. The highest BCUT2D eigenvalue weighted by molar-refractivity contribution is 7.91. The number of fused-ring (bicyclic) bond motifs is 1. The summed E-state index contributed by atoms with van der Waals surface area (Å²) in [6.45, 7) is 0. The first-order valence-electron chi connectivity index (χ1n) is 9.47. The first-order chi connectivity index (χ1) is 14.9. The predicted octanol–water partition coefficient (Wildman–Crippen LogP) is 5.41. The lowest BCUT2D eigenvalue weighted by atomic mass is 10.0. The number of carbonyl (C=O) groups is 1. The second-order valence-electron chi connectivity index (χ2n) is 6.97. The van der Waals surface area contributed by atoms with Crippen molar-refractivity contribution in [2.75, 3.05) is 11.4 Å². The fourth-order valence-electron chi connectivity index (χ4n) is 3.20. The predicted molar refractivity (Wildman–Crippen MR) is 124 cm³/mol. The Morgan fingerprint density at radius 3 is 2.48 bits per heavy atom. The molecular formula is C25H17ClFNO2S. The first kappa shape index (κ1) is 21.0. The van der Waals surface area contributed by atoms with Gasteiger partial charge in [0.15, 0.2) is 11.0 Å². The quantitative estimate of drug-likeness (QED) is 0.387. The van der Waals surface area contributed by atoms with E-state index in [4.69, 9.17) is 11.6 Å². The highest BCUT2D eigenvalue weighted by Crippen LogP contribution is 2.33. The van der Waals surface area contributed by atoms with Crippen LogP contribution in [0.3, 0.4) is 0 Å². The first-order valence-corrected chi connectivity index (χ1v) is 11.0. The van der Waals surface area contributed by atoms with Gasteiger partial charge in [-0.1, -0.05) is 47.7 Å². The lowest BCUT2D eigenvalue weighted by molar-refractivity contribution is 0.104. The highest BCUT2D eigenvalue weighted by atomic mass is 35.5. The number of Topliss-reactive ketones (excluding diaryl/α,β-unsaturated/α-hetero) is 1. The summed E-state index contributed by atoms with van der Waals surface area (Å²) in [5, 5.41) is 0.588. The molecule has 0 fully saturated rings. The van der Waals surface area contributed by atoms with Crippen molar-refractivity contribution in [1.82, 2.24) is 0 Å². The van der Waals surface area contributed by atoms with Crippen LogP contribution in [-0.2, 0) is 17.4 Å². The Labute approximate surface area is 187 Å². The minimum absolute atomic E-state index is 0.203. The van der Waals surface area contributed by atoms with E-state index in [1.54, 1.807) is 72.0 Å². The fraction of sp³-hybridized carbons (Fsp3) is 0.0800. The summed E-state index contributed by atoms with van der Waals surface area (Å²) in [4.78, 5) is 13.3. The normalized spacial score (nSPS) is 16.6. The third-order valence-electron chi connectivity index (χ3n) is 4.85. The Morgan fingerprint density at radius 1 is 1.06 bits per heavy atom. The molecule has 3 aromatic rings. The molecule has 6 heteroatoms. The van der Waals surface area contributed by atoms with Gasteiger partial charge in [0.2, 0.25) is 5.78 Å². The van der Waals surface area contributed by atoms with Gasteiger partial charge in [-0.05, 0) is 59.7 Å². The molecule has 0 radical (unpaired) electrons. The SMILES string of the molecule is CN1c2ccc(C#CCc3ccc(F)cc3)cc2C(=O)/C(=C/c2ccc(Cl)cc2)S1=O. The molecule has 0 saturated heterocycles. The molecule has 0 aromatic heterocycles. The lowest BCUT2D eigenvalue weighted by Gasteiger charge is -2.27. The second kappa shape index (κ2) is 8.89. The van der Waals surface area contributed by atoms with Gasteiger partial charge in [-0.2, -0.15) is 0 Å².